The Balaban J connectivity index is 1.99. The number of aliphatic hydroxyl groups is 1. The molecule has 0 aromatic heterocycles. The van der Waals surface area contributed by atoms with Crippen LogP contribution in [0.5, 0.6) is 0 Å². The number of nitrogens with zero attached hydrogens (tertiary/aromatic N) is 2. The second kappa shape index (κ2) is 6.64. The standard InChI is InChI=1S/C15H25N3O4/c1-17(2)12(20)4-5-13(21)18-9-6-11(19)15(10-18)7-3-8-16-14(15)22/h11,19H,3-10H2,1-2H3,(H,16,22)/t11-,15-/m1/s1. The minimum Gasteiger partial charge on any atom is -0.392 e. The van der Waals surface area contributed by atoms with E-state index in [1.165, 1.54) is 4.90 Å². The highest BCUT2D eigenvalue weighted by Crippen LogP contribution is 2.37. The lowest BCUT2D eigenvalue weighted by molar-refractivity contribution is -0.155. The number of carbonyl (C=O) groups excluding carboxylic acids is 3. The third-order valence-corrected chi connectivity index (χ3v) is 4.72. The van der Waals surface area contributed by atoms with Gasteiger partial charge in [-0.05, 0) is 19.3 Å². The van der Waals surface area contributed by atoms with E-state index in [0.29, 0.717) is 25.9 Å². The van der Waals surface area contributed by atoms with Crippen molar-refractivity contribution in [2.45, 2.75) is 38.2 Å². The molecule has 0 aliphatic carbocycles. The third-order valence-electron chi connectivity index (χ3n) is 4.72. The van der Waals surface area contributed by atoms with E-state index in [9.17, 15) is 19.5 Å². The third kappa shape index (κ3) is 3.24. The molecule has 7 heteroatoms. The zero-order valence-corrected chi connectivity index (χ0v) is 13.3. The van der Waals surface area contributed by atoms with E-state index in [1.54, 1.807) is 19.0 Å². The lowest BCUT2D eigenvalue weighted by Gasteiger charge is -2.46. The van der Waals surface area contributed by atoms with Crippen LogP contribution in [0.4, 0.5) is 0 Å². The average Bonchev–Trinajstić information content (AvgIpc) is 2.49. The van der Waals surface area contributed by atoms with Crippen LogP contribution in [0.3, 0.4) is 0 Å². The molecular weight excluding hydrogens is 286 g/mol. The average molecular weight is 311 g/mol. The molecule has 2 aliphatic heterocycles. The van der Waals surface area contributed by atoms with Gasteiger partial charge in [0.05, 0.1) is 11.5 Å². The second-order valence-electron chi connectivity index (χ2n) is 6.42. The summed E-state index contributed by atoms with van der Waals surface area (Å²) in [6.45, 7) is 1.30. The number of hydrogen-bond acceptors (Lipinski definition) is 4. The molecule has 124 valence electrons. The van der Waals surface area contributed by atoms with Crippen LogP contribution in [0, 0.1) is 5.41 Å². The van der Waals surface area contributed by atoms with Crippen molar-refractivity contribution < 1.29 is 19.5 Å². The van der Waals surface area contributed by atoms with E-state index in [-0.39, 0.29) is 37.1 Å². The first-order chi connectivity index (χ1) is 10.4. The molecule has 1 spiro atoms. The first kappa shape index (κ1) is 16.7. The van der Waals surface area contributed by atoms with Crippen molar-refractivity contribution in [3.05, 3.63) is 0 Å². The Morgan fingerprint density at radius 3 is 2.77 bits per heavy atom. The highest BCUT2D eigenvalue weighted by atomic mass is 16.3. The first-order valence-corrected chi connectivity index (χ1v) is 7.81. The highest BCUT2D eigenvalue weighted by molar-refractivity contribution is 5.87. The summed E-state index contributed by atoms with van der Waals surface area (Å²) in [5, 5.41) is 13.1. The smallest absolute Gasteiger partial charge is 0.230 e. The molecule has 0 bridgehead atoms. The molecule has 0 saturated carbocycles. The van der Waals surface area contributed by atoms with Gasteiger partial charge >= 0.3 is 0 Å². The van der Waals surface area contributed by atoms with E-state index >= 15 is 0 Å². The van der Waals surface area contributed by atoms with Gasteiger partial charge < -0.3 is 20.2 Å². The van der Waals surface area contributed by atoms with Crippen molar-refractivity contribution in [2.24, 2.45) is 5.41 Å². The summed E-state index contributed by atoms with van der Waals surface area (Å²) in [5.41, 5.74) is -0.877. The summed E-state index contributed by atoms with van der Waals surface area (Å²) >= 11 is 0. The molecular formula is C15H25N3O4. The van der Waals surface area contributed by atoms with Crippen molar-refractivity contribution in [3.8, 4) is 0 Å². The van der Waals surface area contributed by atoms with Crippen molar-refractivity contribution in [1.82, 2.24) is 15.1 Å². The number of amides is 3. The molecule has 0 unspecified atom stereocenters. The van der Waals surface area contributed by atoms with Crippen LogP contribution in [0.2, 0.25) is 0 Å². The molecule has 2 N–H and O–H groups in total. The molecule has 2 atom stereocenters. The molecule has 0 aromatic carbocycles. The van der Waals surface area contributed by atoms with Gasteiger partial charge in [0.25, 0.3) is 0 Å². The Morgan fingerprint density at radius 1 is 1.41 bits per heavy atom. The fourth-order valence-electron chi connectivity index (χ4n) is 3.25. The van der Waals surface area contributed by atoms with Crippen LogP contribution in [-0.2, 0) is 14.4 Å². The summed E-state index contributed by atoms with van der Waals surface area (Å²) in [5.74, 6) is -0.372. The van der Waals surface area contributed by atoms with Crippen LogP contribution in [0.25, 0.3) is 0 Å². The van der Waals surface area contributed by atoms with Gasteiger partial charge in [-0.3, -0.25) is 14.4 Å². The summed E-state index contributed by atoms with van der Waals surface area (Å²) in [7, 11) is 3.32. The number of likely N-dealkylation sites (tertiary alicyclic amines) is 1. The van der Waals surface area contributed by atoms with Crippen molar-refractivity contribution in [3.63, 3.8) is 0 Å². The Kier molecular flexibility index (Phi) is 5.05. The van der Waals surface area contributed by atoms with Crippen LogP contribution in [0.1, 0.15) is 32.1 Å². The van der Waals surface area contributed by atoms with Crippen LogP contribution >= 0.6 is 0 Å². The minimum atomic E-state index is -0.877. The Labute approximate surface area is 130 Å². The normalized spacial score (nSPS) is 28.4. The first-order valence-electron chi connectivity index (χ1n) is 7.81. The fourth-order valence-corrected chi connectivity index (χ4v) is 3.25. The van der Waals surface area contributed by atoms with Crippen molar-refractivity contribution >= 4 is 17.7 Å². The van der Waals surface area contributed by atoms with E-state index in [1.807, 2.05) is 0 Å². The molecule has 0 aromatic rings. The maximum atomic E-state index is 12.3. The van der Waals surface area contributed by atoms with E-state index in [4.69, 9.17) is 0 Å². The van der Waals surface area contributed by atoms with E-state index in [2.05, 4.69) is 5.32 Å². The van der Waals surface area contributed by atoms with Gasteiger partial charge in [0.15, 0.2) is 0 Å². The Hall–Kier alpha value is -1.63. The molecule has 2 heterocycles. The zero-order chi connectivity index (χ0) is 16.3. The van der Waals surface area contributed by atoms with Gasteiger partial charge in [0.1, 0.15) is 0 Å². The zero-order valence-electron chi connectivity index (χ0n) is 13.3. The predicted molar refractivity (Wildman–Crippen MR) is 79.8 cm³/mol. The molecule has 2 saturated heterocycles. The number of carbonyl (C=O) groups is 3. The second-order valence-corrected chi connectivity index (χ2v) is 6.42. The summed E-state index contributed by atoms with van der Waals surface area (Å²) in [6.07, 6.45) is 1.42. The minimum absolute atomic E-state index is 0.0875. The largest absolute Gasteiger partial charge is 0.392 e. The lowest BCUT2D eigenvalue weighted by atomic mass is 9.71. The van der Waals surface area contributed by atoms with Crippen molar-refractivity contribution in [1.29, 1.82) is 0 Å². The monoisotopic (exact) mass is 311 g/mol. The van der Waals surface area contributed by atoms with Gasteiger partial charge in [0.2, 0.25) is 17.7 Å². The summed E-state index contributed by atoms with van der Waals surface area (Å²) in [4.78, 5) is 39.2. The van der Waals surface area contributed by atoms with Crippen molar-refractivity contribution in [2.75, 3.05) is 33.7 Å². The fraction of sp³-hybridized carbons (Fsp3) is 0.800. The molecule has 2 fully saturated rings. The van der Waals surface area contributed by atoms with Crippen LogP contribution in [-0.4, -0.2) is 72.5 Å². The van der Waals surface area contributed by atoms with Gasteiger partial charge in [-0.15, -0.1) is 0 Å². The number of rotatable bonds is 3. The number of nitrogens with one attached hydrogen (secondary N) is 1. The number of aliphatic hydroxyl groups excluding tert-OH is 1. The predicted octanol–water partition coefficient (Wildman–Crippen LogP) is -0.656. The van der Waals surface area contributed by atoms with Crippen LogP contribution < -0.4 is 5.32 Å². The van der Waals surface area contributed by atoms with E-state index in [0.717, 1.165) is 6.42 Å². The highest BCUT2D eigenvalue weighted by Gasteiger charge is 2.50. The molecule has 7 nitrogen and oxygen atoms in total. The van der Waals surface area contributed by atoms with Gasteiger partial charge in [-0.1, -0.05) is 0 Å². The van der Waals surface area contributed by atoms with E-state index < -0.39 is 11.5 Å². The van der Waals surface area contributed by atoms with Gasteiger partial charge in [0, 0.05) is 46.6 Å². The lowest BCUT2D eigenvalue weighted by Crippen LogP contribution is -2.62. The quantitative estimate of drug-likeness (QED) is 0.724. The SMILES string of the molecule is CN(C)C(=O)CCC(=O)N1CC[C@@H](O)[C@@]2(CCCNC2=O)C1. The number of piperidine rings is 2. The molecule has 22 heavy (non-hydrogen) atoms. The van der Waals surface area contributed by atoms with Gasteiger partial charge in [-0.25, -0.2) is 0 Å². The van der Waals surface area contributed by atoms with Crippen LogP contribution in [0.15, 0.2) is 0 Å². The molecule has 2 rings (SSSR count). The Morgan fingerprint density at radius 2 is 2.14 bits per heavy atom. The topological polar surface area (TPSA) is 90.0 Å². The summed E-state index contributed by atoms with van der Waals surface area (Å²) < 4.78 is 0. The maximum Gasteiger partial charge on any atom is 0.230 e. The number of hydrogen-bond donors (Lipinski definition) is 2. The molecule has 0 radical (unpaired) electrons. The molecule has 3 amide bonds. The van der Waals surface area contributed by atoms with Gasteiger partial charge in [-0.2, -0.15) is 0 Å². The summed E-state index contributed by atoms with van der Waals surface area (Å²) in [6, 6.07) is 0. The molecule has 2 aliphatic rings. The Bertz CT molecular complexity index is 466. The maximum absolute atomic E-state index is 12.3.